The molecular formula is C15H21F2N3O. The monoisotopic (exact) mass is 297 g/mol. The lowest BCUT2D eigenvalue weighted by Crippen LogP contribution is -2.44. The van der Waals surface area contributed by atoms with Gasteiger partial charge in [0.05, 0.1) is 13.2 Å². The van der Waals surface area contributed by atoms with Gasteiger partial charge in [-0.2, -0.15) is 0 Å². The number of hydrogen-bond acceptors (Lipinski definition) is 4. The Balaban J connectivity index is 1.73. The van der Waals surface area contributed by atoms with E-state index in [0.29, 0.717) is 17.4 Å². The van der Waals surface area contributed by atoms with Crippen molar-refractivity contribution in [2.24, 2.45) is 0 Å². The van der Waals surface area contributed by atoms with Crippen LogP contribution < -0.4 is 10.6 Å². The zero-order valence-electron chi connectivity index (χ0n) is 12.0. The van der Waals surface area contributed by atoms with Gasteiger partial charge in [0.2, 0.25) is 0 Å². The first-order chi connectivity index (χ1) is 10.1. The van der Waals surface area contributed by atoms with Gasteiger partial charge in [-0.25, -0.2) is 8.78 Å². The van der Waals surface area contributed by atoms with Crippen LogP contribution in [0.15, 0.2) is 18.2 Å². The molecule has 1 unspecified atom stereocenters. The van der Waals surface area contributed by atoms with E-state index >= 15 is 0 Å². The molecule has 3 rings (SSSR count). The van der Waals surface area contributed by atoms with Crippen LogP contribution in [0.4, 0.5) is 20.2 Å². The Kier molecular flexibility index (Phi) is 4.26. The number of ether oxygens (including phenoxy) is 1. The second-order valence-corrected chi connectivity index (χ2v) is 5.66. The smallest absolute Gasteiger partial charge is 0.265 e. The maximum Gasteiger partial charge on any atom is 0.265 e. The summed E-state index contributed by atoms with van der Waals surface area (Å²) < 4.78 is 31.8. The summed E-state index contributed by atoms with van der Waals surface area (Å²) in [6.45, 7) is 5.00. The maximum atomic E-state index is 13.2. The van der Waals surface area contributed by atoms with Crippen LogP contribution in [-0.2, 0) is 4.74 Å². The van der Waals surface area contributed by atoms with Crippen LogP contribution in [0.25, 0.3) is 0 Å². The van der Waals surface area contributed by atoms with Crippen LogP contribution in [-0.4, -0.2) is 50.3 Å². The Morgan fingerprint density at radius 3 is 2.67 bits per heavy atom. The second-order valence-electron chi connectivity index (χ2n) is 5.66. The molecule has 1 aromatic rings. The fraction of sp³-hybridized carbons (Fsp3) is 0.600. The summed E-state index contributed by atoms with van der Waals surface area (Å²) in [5.74, 6) is 0. The Bertz CT molecular complexity index is 492. The number of hydrogen-bond donors (Lipinski definition) is 1. The first-order valence-electron chi connectivity index (χ1n) is 7.39. The van der Waals surface area contributed by atoms with E-state index in [1.165, 1.54) is 6.07 Å². The van der Waals surface area contributed by atoms with Gasteiger partial charge < -0.3 is 15.4 Å². The fourth-order valence-corrected chi connectivity index (χ4v) is 3.24. The first-order valence-corrected chi connectivity index (χ1v) is 7.39. The summed E-state index contributed by atoms with van der Waals surface area (Å²) in [6, 6.07) is 5.24. The highest BCUT2D eigenvalue weighted by Crippen LogP contribution is 2.34. The van der Waals surface area contributed by atoms with Crippen molar-refractivity contribution in [1.29, 1.82) is 0 Å². The van der Waals surface area contributed by atoms with Crippen molar-refractivity contribution in [3.8, 4) is 0 Å². The molecule has 0 amide bonds. The van der Waals surface area contributed by atoms with E-state index in [1.807, 2.05) is 0 Å². The van der Waals surface area contributed by atoms with E-state index in [4.69, 9.17) is 10.5 Å². The van der Waals surface area contributed by atoms with E-state index in [-0.39, 0.29) is 5.56 Å². The number of nitrogen functional groups attached to an aromatic ring is 1. The standard InChI is InChI=1S/C15H21F2N3O/c16-15(17)13-9-11(18)1-2-14(13)20-4-3-12(10-20)19-5-7-21-8-6-19/h1-2,9,12,15H,3-8,10,18H2. The van der Waals surface area contributed by atoms with Crippen LogP contribution in [0, 0.1) is 0 Å². The SMILES string of the molecule is Nc1ccc(N2CCC(N3CCOCC3)C2)c(C(F)F)c1. The highest BCUT2D eigenvalue weighted by atomic mass is 19.3. The molecular weight excluding hydrogens is 276 g/mol. The van der Waals surface area contributed by atoms with E-state index in [2.05, 4.69) is 9.80 Å². The Morgan fingerprint density at radius 2 is 1.95 bits per heavy atom. The Labute approximate surface area is 123 Å². The van der Waals surface area contributed by atoms with Crippen LogP contribution in [0.2, 0.25) is 0 Å². The maximum absolute atomic E-state index is 13.2. The molecule has 1 aromatic carbocycles. The molecule has 0 bridgehead atoms. The molecule has 2 aliphatic heterocycles. The van der Waals surface area contributed by atoms with E-state index in [1.54, 1.807) is 12.1 Å². The van der Waals surface area contributed by atoms with E-state index in [9.17, 15) is 8.78 Å². The lowest BCUT2D eigenvalue weighted by atomic mass is 10.1. The van der Waals surface area contributed by atoms with Gasteiger partial charge in [-0.1, -0.05) is 0 Å². The lowest BCUT2D eigenvalue weighted by molar-refractivity contribution is 0.0209. The van der Waals surface area contributed by atoms with Crippen LogP contribution >= 0.6 is 0 Å². The average Bonchev–Trinajstić information content (AvgIpc) is 2.97. The van der Waals surface area contributed by atoms with Crippen LogP contribution in [0.1, 0.15) is 18.4 Å². The first kappa shape index (κ1) is 14.5. The molecule has 2 heterocycles. The molecule has 2 N–H and O–H groups in total. The number of alkyl halides is 2. The number of halogens is 2. The molecule has 0 aliphatic carbocycles. The van der Waals surface area contributed by atoms with Crippen LogP contribution in [0.5, 0.6) is 0 Å². The third-order valence-corrected chi connectivity index (χ3v) is 4.35. The Morgan fingerprint density at radius 1 is 1.19 bits per heavy atom. The molecule has 0 aromatic heterocycles. The number of anilines is 2. The molecule has 1 atom stereocenters. The summed E-state index contributed by atoms with van der Waals surface area (Å²) in [6.07, 6.45) is -1.49. The molecule has 4 nitrogen and oxygen atoms in total. The number of rotatable bonds is 3. The highest BCUT2D eigenvalue weighted by molar-refractivity contribution is 5.60. The van der Waals surface area contributed by atoms with Gasteiger partial charge in [-0.05, 0) is 24.6 Å². The normalized spacial score (nSPS) is 24.0. The van der Waals surface area contributed by atoms with Gasteiger partial charge in [0.25, 0.3) is 6.43 Å². The summed E-state index contributed by atoms with van der Waals surface area (Å²) in [5, 5.41) is 0. The van der Waals surface area contributed by atoms with Gasteiger partial charge in [0.1, 0.15) is 0 Å². The van der Waals surface area contributed by atoms with Gasteiger partial charge in [0.15, 0.2) is 0 Å². The van der Waals surface area contributed by atoms with Crippen molar-refractivity contribution < 1.29 is 13.5 Å². The minimum atomic E-state index is -2.49. The third kappa shape index (κ3) is 3.11. The number of morpholine rings is 1. The quantitative estimate of drug-likeness (QED) is 0.868. The number of nitrogens with zero attached hydrogens (tertiary/aromatic N) is 2. The predicted molar refractivity (Wildman–Crippen MR) is 78.8 cm³/mol. The minimum Gasteiger partial charge on any atom is -0.399 e. The van der Waals surface area contributed by atoms with Gasteiger partial charge >= 0.3 is 0 Å². The molecule has 6 heteroatoms. The van der Waals surface area contributed by atoms with Crippen molar-refractivity contribution in [3.05, 3.63) is 23.8 Å². The highest BCUT2D eigenvalue weighted by Gasteiger charge is 2.30. The average molecular weight is 297 g/mol. The molecule has 21 heavy (non-hydrogen) atoms. The molecule has 2 saturated heterocycles. The molecule has 0 spiro atoms. The molecule has 0 radical (unpaired) electrons. The van der Waals surface area contributed by atoms with Gasteiger partial charge in [-0.3, -0.25) is 4.90 Å². The largest absolute Gasteiger partial charge is 0.399 e. The van der Waals surface area contributed by atoms with Crippen molar-refractivity contribution >= 4 is 11.4 Å². The van der Waals surface area contributed by atoms with Crippen molar-refractivity contribution in [2.45, 2.75) is 18.9 Å². The van der Waals surface area contributed by atoms with Crippen molar-refractivity contribution in [2.75, 3.05) is 50.0 Å². The van der Waals surface area contributed by atoms with Crippen molar-refractivity contribution in [3.63, 3.8) is 0 Å². The molecule has 2 fully saturated rings. The number of benzene rings is 1. The molecule has 0 saturated carbocycles. The minimum absolute atomic E-state index is 0.0395. The topological polar surface area (TPSA) is 41.7 Å². The molecule has 116 valence electrons. The number of nitrogens with two attached hydrogens (primary N) is 1. The van der Waals surface area contributed by atoms with Crippen LogP contribution in [0.3, 0.4) is 0 Å². The predicted octanol–water partition coefficient (Wildman–Crippen LogP) is 2.12. The molecule has 2 aliphatic rings. The van der Waals surface area contributed by atoms with Gasteiger partial charge in [-0.15, -0.1) is 0 Å². The van der Waals surface area contributed by atoms with E-state index < -0.39 is 6.43 Å². The third-order valence-electron chi connectivity index (χ3n) is 4.35. The summed E-state index contributed by atoms with van der Waals surface area (Å²) in [4.78, 5) is 4.46. The summed E-state index contributed by atoms with van der Waals surface area (Å²) >= 11 is 0. The fourth-order valence-electron chi connectivity index (χ4n) is 3.24. The summed E-state index contributed by atoms with van der Waals surface area (Å²) in [7, 11) is 0. The lowest BCUT2D eigenvalue weighted by Gasteiger charge is -2.32. The Hall–Kier alpha value is -1.40. The van der Waals surface area contributed by atoms with E-state index in [0.717, 1.165) is 45.8 Å². The summed E-state index contributed by atoms with van der Waals surface area (Å²) in [5.41, 5.74) is 6.68. The van der Waals surface area contributed by atoms with Crippen molar-refractivity contribution in [1.82, 2.24) is 4.90 Å². The zero-order chi connectivity index (χ0) is 14.8. The second kappa shape index (κ2) is 6.15. The van der Waals surface area contributed by atoms with Gasteiger partial charge in [0, 0.05) is 49.2 Å². The zero-order valence-corrected chi connectivity index (χ0v) is 12.0.